The Morgan fingerprint density at radius 3 is 2.29 bits per heavy atom. The highest BCUT2D eigenvalue weighted by Gasteiger charge is 2.56. The predicted octanol–water partition coefficient (Wildman–Crippen LogP) is 2.33. The summed E-state index contributed by atoms with van der Waals surface area (Å²) in [4.78, 5) is 36.9. The lowest BCUT2D eigenvalue weighted by atomic mass is 10.3. The van der Waals surface area contributed by atoms with Gasteiger partial charge >= 0.3 is 11.9 Å². The van der Waals surface area contributed by atoms with Crippen molar-refractivity contribution in [3.05, 3.63) is 45.0 Å². The molecule has 1 aromatic rings. The molecule has 2 aliphatic heterocycles. The van der Waals surface area contributed by atoms with Crippen molar-refractivity contribution >= 4 is 51.9 Å². The van der Waals surface area contributed by atoms with Crippen LogP contribution in [0.25, 0.3) is 0 Å². The zero-order valence-electron chi connectivity index (χ0n) is 15.4. The van der Waals surface area contributed by atoms with Gasteiger partial charge in [-0.2, -0.15) is 5.10 Å². The lowest BCUT2D eigenvalue weighted by molar-refractivity contribution is -0.384. The van der Waals surface area contributed by atoms with Crippen LogP contribution in [-0.4, -0.2) is 52.4 Å². The number of esters is 2. The molecule has 0 fully saturated rings. The Morgan fingerprint density at radius 1 is 1.14 bits per heavy atom. The van der Waals surface area contributed by atoms with Gasteiger partial charge in [-0.05, 0) is 30.8 Å². The van der Waals surface area contributed by atoms with Crippen molar-refractivity contribution in [2.45, 2.75) is 11.3 Å². The van der Waals surface area contributed by atoms with E-state index in [2.05, 4.69) is 5.10 Å². The Labute approximate surface area is 168 Å². The van der Waals surface area contributed by atoms with Crippen LogP contribution in [0.15, 0.2) is 40.0 Å². The van der Waals surface area contributed by atoms with Gasteiger partial charge in [-0.25, -0.2) is 14.6 Å². The number of carbonyl (C=O) groups excluding carboxylic acids is 2. The summed E-state index contributed by atoms with van der Waals surface area (Å²) in [7, 11) is 4.31. The molecule has 2 heterocycles. The molecule has 1 spiro atoms. The average Bonchev–Trinajstić information content (AvgIpc) is 3.21. The highest BCUT2D eigenvalue weighted by Crippen LogP contribution is 2.58. The maximum Gasteiger partial charge on any atom is 0.365 e. The van der Waals surface area contributed by atoms with Gasteiger partial charge in [-0.15, -0.1) is 0 Å². The van der Waals surface area contributed by atoms with Gasteiger partial charge in [0.2, 0.25) is 9.37 Å². The quantitative estimate of drug-likeness (QED) is 0.405. The molecule has 3 rings (SSSR count). The van der Waals surface area contributed by atoms with E-state index in [9.17, 15) is 19.7 Å². The predicted molar refractivity (Wildman–Crippen MR) is 105 cm³/mol. The zero-order valence-corrected chi connectivity index (χ0v) is 17.0. The Morgan fingerprint density at radius 2 is 1.75 bits per heavy atom. The first-order chi connectivity index (χ1) is 13.2. The van der Waals surface area contributed by atoms with Crippen LogP contribution < -0.4 is 5.01 Å². The number of hydrazone groups is 1. The molecule has 0 unspecified atom stereocenters. The van der Waals surface area contributed by atoms with E-state index in [1.54, 1.807) is 18.9 Å². The zero-order chi connectivity index (χ0) is 20.6. The van der Waals surface area contributed by atoms with Gasteiger partial charge in [0.15, 0.2) is 0 Å². The van der Waals surface area contributed by atoms with Crippen molar-refractivity contribution in [2.24, 2.45) is 5.10 Å². The lowest BCUT2D eigenvalue weighted by Gasteiger charge is -2.39. The van der Waals surface area contributed by atoms with Crippen LogP contribution in [0.3, 0.4) is 0 Å². The Hall–Kier alpha value is -2.73. The second-order valence-corrected chi connectivity index (χ2v) is 8.30. The number of methoxy groups -OCH3 is 2. The fourth-order valence-corrected chi connectivity index (χ4v) is 5.57. The van der Waals surface area contributed by atoms with Crippen molar-refractivity contribution in [2.75, 3.05) is 26.3 Å². The number of benzene rings is 1. The third kappa shape index (κ3) is 3.07. The molecule has 2 aliphatic rings. The molecule has 0 radical (unpaired) electrons. The van der Waals surface area contributed by atoms with E-state index in [4.69, 9.17) is 9.47 Å². The number of thioether (sulfide) groups is 2. The molecule has 12 heteroatoms. The van der Waals surface area contributed by atoms with Crippen molar-refractivity contribution < 1.29 is 24.0 Å². The van der Waals surface area contributed by atoms with Gasteiger partial charge in [0, 0.05) is 24.9 Å². The first-order valence-electron chi connectivity index (χ1n) is 7.87. The minimum Gasteiger partial charge on any atom is -0.465 e. The summed E-state index contributed by atoms with van der Waals surface area (Å²) < 4.78 is 8.63. The highest BCUT2D eigenvalue weighted by atomic mass is 32.2. The molecule has 28 heavy (non-hydrogen) atoms. The topological polar surface area (TPSA) is 115 Å². The largest absolute Gasteiger partial charge is 0.465 e. The van der Waals surface area contributed by atoms with Crippen molar-refractivity contribution in [1.29, 1.82) is 0 Å². The first-order valence-corrected chi connectivity index (χ1v) is 9.51. The Kier molecular flexibility index (Phi) is 5.26. The SMILES string of the molecule is COC(=O)C1=NN(c2ccc([N+](=O)[O-])cc2)[C@]2(S1)SC(C(=O)OC)=C(C)N2C. The Bertz CT molecular complexity index is 916. The average molecular weight is 424 g/mol. The van der Waals surface area contributed by atoms with E-state index in [0.29, 0.717) is 16.3 Å². The van der Waals surface area contributed by atoms with Gasteiger partial charge < -0.3 is 14.4 Å². The second-order valence-electron chi connectivity index (χ2n) is 5.70. The third-order valence-corrected chi connectivity index (χ3v) is 7.25. The number of anilines is 1. The van der Waals surface area contributed by atoms with Gasteiger partial charge in [-0.3, -0.25) is 10.1 Å². The number of non-ortho nitro benzene ring substituents is 1. The van der Waals surface area contributed by atoms with E-state index >= 15 is 0 Å². The Balaban J connectivity index is 2.06. The number of nitrogens with zero attached hydrogens (tertiary/aromatic N) is 4. The molecule has 0 aromatic heterocycles. The van der Waals surface area contributed by atoms with E-state index in [-0.39, 0.29) is 10.7 Å². The molecule has 0 aliphatic carbocycles. The van der Waals surface area contributed by atoms with E-state index in [1.807, 2.05) is 0 Å². The molecular formula is C16H16N4O6S2. The number of ether oxygens (including phenoxy) is 2. The molecule has 0 bridgehead atoms. The summed E-state index contributed by atoms with van der Waals surface area (Å²) in [6.07, 6.45) is 0. The molecule has 0 saturated carbocycles. The van der Waals surface area contributed by atoms with Crippen LogP contribution in [0.5, 0.6) is 0 Å². The standard InChI is InChI=1S/C16H16N4O6S2/c1-9-12(14(21)25-3)27-16(18(9)2)19(17-13(28-16)15(22)26-4)10-5-7-11(8-6-10)20(23)24/h5-8H,1-4H3/t16-/m0/s1. The van der Waals surface area contributed by atoms with Crippen LogP contribution in [0.1, 0.15) is 6.92 Å². The normalized spacial score (nSPS) is 21.2. The van der Waals surface area contributed by atoms with Crippen LogP contribution in [0, 0.1) is 10.1 Å². The van der Waals surface area contributed by atoms with E-state index < -0.39 is 21.2 Å². The summed E-state index contributed by atoms with van der Waals surface area (Å²) in [6.45, 7) is 1.76. The fourth-order valence-electron chi connectivity index (χ4n) is 2.65. The molecule has 0 N–H and O–H groups in total. The number of carbonyl (C=O) groups is 2. The van der Waals surface area contributed by atoms with Crippen LogP contribution in [-0.2, 0) is 19.1 Å². The second kappa shape index (κ2) is 7.36. The van der Waals surface area contributed by atoms with Gasteiger partial charge in [0.05, 0.1) is 24.8 Å². The van der Waals surface area contributed by atoms with Gasteiger partial charge in [0.1, 0.15) is 4.91 Å². The summed E-state index contributed by atoms with van der Waals surface area (Å²) >= 11 is 2.30. The first kappa shape index (κ1) is 20.0. The summed E-state index contributed by atoms with van der Waals surface area (Å²) in [5.41, 5.74) is 1.09. The monoisotopic (exact) mass is 424 g/mol. The number of nitro groups is 1. The molecule has 0 amide bonds. The lowest BCUT2D eigenvalue weighted by Crippen LogP contribution is -2.47. The molecule has 1 atom stereocenters. The molecular weight excluding hydrogens is 408 g/mol. The van der Waals surface area contributed by atoms with Gasteiger partial charge in [0.25, 0.3) is 5.69 Å². The minimum atomic E-state index is -1.02. The van der Waals surface area contributed by atoms with Crippen LogP contribution >= 0.6 is 23.5 Å². The van der Waals surface area contributed by atoms with Crippen LogP contribution in [0.2, 0.25) is 0 Å². The molecule has 10 nitrogen and oxygen atoms in total. The number of hydrogen-bond donors (Lipinski definition) is 0. The molecule has 0 saturated heterocycles. The van der Waals surface area contributed by atoms with Gasteiger partial charge in [-0.1, -0.05) is 11.8 Å². The van der Waals surface area contributed by atoms with Crippen molar-refractivity contribution in [1.82, 2.24) is 4.90 Å². The summed E-state index contributed by atoms with van der Waals surface area (Å²) in [5.74, 6) is -1.12. The smallest absolute Gasteiger partial charge is 0.365 e. The van der Waals surface area contributed by atoms with Crippen LogP contribution in [0.4, 0.5) is 11.4 Å². The van der Waals surface area contributed by atoms with Crippen molar-refractivity contribution in [3.63, 3.8) is 0 Å². The minimum absolute atomic E-state index is 0.0706. The summed E-state index contributed by atoms with van der Waals surface area (Å²) in [6, 6.07) is 5.76. The number of hydrogen-bond acceptors (Lipinski definition) is 11. The van der Waals surface area contributed by atoms with Crippen molar-refractivity contribution in [3.8, 4) is 0 Å². The highest BCUT2D eigenvalue weighted by molar-refractivity contribution is 8.28. The summed E-state index contributed by atoms with van der Waals surface area (Å²) in [5, 5.41) is 16.9. The number of nitro benzene ring substituents is 1. The number of rotatable bonds is 4. The van der Waals surface area contributed by atoms with E-state index in [1.165, 1.54) is 55.3 Å². The maximum absolute atomic E-state index is 12.2. The molecule has 148 valence electrons. The maximum atomic E-state index is 12.2. The molecule has 1 aromatic carbocycles. The fraction of sp³-hybridized carbons (Fsp3) is 0.312. The van der Waals surface area contributed by atoms with E-state index in [0.717, 1.165) is 11.8 Å². The number of allylic oxidation sites excluding steroid dienone is 1. The third-order valence-electron chi connectivity index (χ3n) is 4.21.